The van der Waals surface area contributed by atoms with Gasteiger partial charge in [0.05, 0.1) is 17.8 Å². The Bertz CT molecular complexity index is 368. The van der Waals surface area contributed by atoms with Crippen LogP contribution in [-0.4, -0.2) is 27.9 Å². The molecule has 1 aliphatic heterocycles. The Labute approximate surface area is 103 Å². The van der Waals surface area contributed by atoms with Gasteiger partial charge in [-0.05, 0) is 31.9 Å². The lowest BCUT2D eigenvalue weighted by Gasteiger charge is -2.43. The highest BCUT2D eigenvalue weighted by Crippen LogP contribution is 2.36. The molecule has 94 valence electrons. The van der Waals surface area contributed by atoms with Crippen LogP contribution in [0.2, 0.25) is 0 Å². The van der Waals surface area contributed by atoms with Gasteiger partial charge in [-0.2, -0.15) is 0 Å². The number of nitrogens with zero attached hydrogens (tertiary/aromatic N) is 1. The second-order valence-corrected chi connectivity index (χ2v) is 5.30. The molecule has 3 nitrogen and oxygen atoms in total. The van der Waals surface area contributed by atoms with Crippen molar-refractivity contribution in [3.05, 3.63) is 30.1 Å². The lowest BCUT2D eigenvalue weighted by Crippen LogP contribution is -2.48. The van der Waals surface area contributed by atoms with Crippen molar-refractivity contribution in [2.75, 3.05) is 6.61 Å². The molecule has 0 amide bonds. The maximum absolute atomic E-state index is 10.7. The predicted octanol–water partition coefficient (Wildman–Crippen LogP) is 2.33. The van der Waals surface area contributed by atoms with E-state index in [0.717, 1.165) is 12.1 Å². The number of pyridine rings is 1. The van der Waals surface area contributed by atoms with Gasteiger partial charge in [0.25, 0.3) is 0 Å². The second-order valence-electron chi connectivity index (χ2n) is 5.30. The summed E-state index contributed by atoms with van der Waals surface area (Å²) in [6.45, 7) is 4.82. The Morgan fingerprint density at radius 2 is 2.29 bits per heavy atom. The van der Waals surface area contributed by atoms with Gasteiger partial charge in [-0.3, -0.25) is 4.98 Å². The fraction of sp³-hybridized carbons (Fsp3) is 0.643. The van der Waals surface area contributed by atoms with Gasteiger partial charge in [0.1, 0.15) is 0 Å². The summed E-state index contributed by atoms with van der Waals surface area (Å²) < 4.78 is 5.77. The zero-order valence-electron chi connectivity index (χ0n) is 10.6. The molecule has 1 saturated heterocycles. The van der Waals surface area contributed by atoms with E-state index in [-0.39, 0.29) is 5.60 Å². The molecule has 1 fully saturated rings. The number of hydrogen-bond acceptors (Lipinski definition) is 3. The number of ether oxygens (including phenoxy) is 1. The Hall–Kier alpha value is -0.930. The van der Waals surface area contributed by atoms with Crippen molar-refractivity contribution >= 4 is 0 Å². The number of hydrogen-bond donors (Lipinski definition) is 1. The van der Waals surface area contributed by atoms with E-state index in [0.29, 0.717) is 25.9 Å². The third kappa shape index (κ3) is 3.05. The Balaban J connectivity index is 2.09. The van der Waals surface area contributed by atoms with Gasteiger partial charge < -0.3 is 9.84 Å². The summed E-state index contributed by atoms with van der Waals surface area (Å²) in [6, 6.07) is 5.83. The number of rotatable bonds is 3. The standard InChI is InChI=1S/C14H21NO2/c1-3-13(2)11-14(16,7-9-17-13)10-12-6-4-5-8-15-12/h4-6,8,16H,3,7,9-11H2,1-2H3. The van der Waals surface area contributed by atoms with Crippen LogP contribution in [0.4, 0.5) is 0 Å². The van der Waals surface area contributed by atoms with Crippen molar-refractivity contribution in [2.24, 2.45) is 0 Å². The molecule has 2 unspecified atom stereocenters. The lowest BCUT2D eigenvalue weighted by molar-refractivity contribution is -0.153. The van der Waals surface area contributed by atoms with Crippen molar-refractivity contribution in [3.63, 3.8) is 0 Å². The quantitative estimate of drug-likeness (QED) is 0.874. The van der Waals surface area contributed by atoms with Crippen molar-refractivity contribution in [1.29, 1.82) is 0 Å². The topological polar surface area (TPSA) is 42.4 Å². The third-order valence-electron chi connectivity index (χ3n) is 3.71. The third-order valence-corrected chi connectivity index (χ3v) is 3.71. The van der Waals surface area contributed by atoms with Gasteiger partial charge in [-0.1, -0.05) is 13.0 Å². The fourth-order valence-electron chi connectivity index (χ4n) is 2.54. The van der Waals surface area contributed by atoms with Crippen molar-refractivity contribution in [3.8, 4) is 0 Å². The Kier molecular flexibility index (Phi) is 3.50. The molecule has 1 aromatic rings. The highest BCUT2D eigenvalue weighted by Gasteiger charge is 2.41. The van der Waals surface area contributed by atoms with Crippen LogP contribution in [0.25, 0.3) is 0 Å². The molecule has 1 aromatic heterocycles. The minimum atomic E-state index is -0.669. The van der Waals surface area contributed by atoms with Gasteiger partial charge in [0.2, 0.25) is 0 Å². The first-order valence-electron chi connectivity index (χ1n) is 6.32. The summed E-state index contributed by atoms with van der Waals surface area (Å²) in [6.07, 6.45) is 4.70. The van der Waals surface area contributed by atoms with Crippen LogP contribution < -0.4 is 0 Å². The molecule has 2 atom stereocenters. The van der Waals surface area contributed by atoms with E-state index < -0.39 is 5.60 Å². The monoisotopic (exact) mass is 235 g/mol. The summed E-state index contributed by atoms with van der Waals surface area (Å²) in [4.78, 5) is 4.29. The van der Waals surface area contributed by atoms with E-state index in [1.165, 1.54) is 0 Å². The molecule has 0 radical (unpaired) electrons. The smallest absolute Gasteiger partial charge is 0.0752 e. The second kappa shape index (κ2) is 4.75. The molecule has 0 saturated carbocycles. The van der Waals surface area contributed by atoms with E-state index in [1.807, 2.05) is 18.2 Å². The highest BCUT2D eigenvalue weighted by molar-refractivity contribution is 5.08. The highest BCUT2D eigenvalue weighted by atomic mass is 16.5. The van der Waals surface area contributed by atoms with Gasteiger partial charge in [0.15, 0.2) is 0 Å². The van der Waals surface area contributed by atoms with Gasteiger partial charge in [0, 0.05) is 24.7 Å². The molecule has 17 heavy (non-hydrogen) atoms. The van der Waals surface area contributed by atoms with Crippen molar-refractivity contribution in [1.82, 2.24) is 4.98 Å². The van der Waals surface area contributed by atoms with E-state index in [4.69, 9.17) is 4.74 Å². The van der Waals surface area contributed by atoms with Crippen molar-refractivity contribution in [2.45, 2.75) is 50.7 Å². The largest absolute Gasteiger partial charge is 0.389 e. The maximum Gasteiger partial charge on any atom is 0.0752 e. The van der Waals surface area contributed by atoms with Crippen LogP contribution in [-0.2, 0) is 11.2 Å². The Morgan fingerprint density at radius 1 is 1.47 bits per heavy atom. The zero-order valence-corrected chi connectivity index (χ0v) is 10.6. The summed E-state index contributed by atoms with van der Waals surface area (Å²) in [5.41, 5.74) is 0.0921. The normalized spacial score (nSPS) is 33.6. The summed E-state index contributed by atoms with van der Waals surface area (Å²) >= 11 is 0. The van der Waals surface area contributed by atoms with Gasteiger partial charge in [-0.15, -0.1) is 0 Å². The molecular formula is C14H21NO2. The maximum atomic E-state index is 10.7. The van der Waals surface area contributed by atoms with Gasteiger partial charge in [-0.25, -0.2) is 0 Å². The van der Waals surface area contributed by atoms with Crippen LogP contribution in [0.15, 0.2) is 24.4 Å². The number of aliphatic hydroxyl groups is 1. The van der Waals surface area contributed by atoms with E-state index >= 15 is 0 Å². The number of aromatic nitrogens is 1. The van der Waals surface area contributed by atoms with Crippen LogP contribution in [0.1, 0.15) is 38.8 Å². The summed E-state index contributed by atoms with van der Waals surface area (Å²) in [7, 11) is 0. The van der Waals surface area contributed by atoms with E-state index in [9.17, 15) is 5.11 Å². The molecule has 2 heterocycles. The first kappa shape index (κ1) is 12.5. The Morgan fingerprint density at radius 3 is 2.94 bits per heavy atom. The minimum Gasteiger partial charge on any atom is -0.389 e. The molecule has 0 aliphatic carbocycles. The average molecular weight is 235 g/mol. The molecule has 0 aromatic carbocycles. The summed E-state index contributed by atoms with van der Waals surface area (Å²) in [5.74, 6) is 0. The van der Waals surface area contributed by atoms with Crippen molar-refractivity contribution < 1.29 is 9.84 Å². The zero-order chi connectivity index (χ0) is 12.4. The molecule has 1 aliphatic rings. The lowest BCUT2D eigenvalue weighted by atomic mass is 9.79. The molecule has 3 heteroatoms. The average Bonchev–Trinajstić information content (AvgIpc) is 2.29. The fourth-order valence-corrected chi connectivity index (χ4v) is 2.54. The van der Waals surface area contributed by atoms with Crippen LogP contribution in [0.3, 0.4) is 0 Å². The summed E-state index contributed by atoms with van der Waals surface area (Å²) in [5, 5.41) is 10.7. The molecular weight excluding hydrogens is 214 g/mol. The first-order chi connectivity index (χ1) is 8.05. The van der Waals surface area contributed by atoms with E-state index in [2.05, 4.69) is 18.8 Å². The van der Waals surface area contributed by atoms with Crippen LogP contribution in [0.5, 0.6) is 0 Å². The van der Waals surface area contributed by atoms with Crippen LogP contribution in [0, 0.1) is 0 Å². The molecule has 2 rings (SSSR count). The van der Waals surface area contributed by atoms with Crippen LogP contribution >= 0.6 is 0 Å². The van der Waals surface area contributed by atoms with E-state index in [1.54, 1.807) is 6.20 Å². The minimum absolute atomic E-state index is 0.193. The molecule has 1 N–H and O–H groups in total. The SMILES string of the molecule is CCC1(C)CC(O)(Cc2ccccn2)CCO1. The predicted molar refractivity (Wildman–Crippen MR) is 66.8 cm³/mol. The molecule has 0 spiro atoms. The first-order valence-corrected chi connectivity index (χ1v) is 6.32. The van der Waals surface area contributed by atoms with Gasteiger partial charge >= 0.3 is 0 Å². The molecule has 0 bridgehead atoms.